The molecule has 0 saturated carbocycles. The van der Waals surface area contributed by atoms with Crippen molar-refractivity contribution in [2.75, 3.05) is 0 Å². The monoisotopic (exact) mass is 247 g/mol. The summed E-state index contributed by atoms with van der Waals surface area (Å²) >= 11 is 0. The van der Waals surface area contributed by atoms with Gasteiger partial charge in [0.25, 0.3) is 0 Å². The lowest BCUT2D eigenvalue weighted by Crippen LogP contribution is -2.32. The van der Waals surface area contributed by atoms with Crippen molar-refractivity contribution in [2.24, 2.45) is 7.05 Å². The molecule has 2 nitrogen and oxygen atoms in total. The summed E-state index contributed by atoms with van der Waals surface area (Å²) in [6, 6.07) is 3.38. The lowest BCUT2D eigenvalue weighted by Gasteiger charge is -2.10. The SMILES string of the molecule is [2H]C([2H])([2H])c1cc(C)c(-c2cc(C)c(C([2H])([2H])[2H])c[n+]2C)c(C)n1. The number of hydrogen-bond acceptors (Lipinski definition) is 1. The number of aryl methyl sites for hydroxylation is 6. The Morgan fingerprint density at radius 2 is 1.83 bits per heavy atom. The van der Waals surface area contributed by atoms with Gasteiger partial charge < -0.3 is 0 Å². The molecule has 0 amide bonds. The van der Waals surface area contributed by atoms with Gasteiger partial charge in [0, 0.05) is 25.5 Å². The van der Waals surface area contributed by atoms with Gasteiger partial charge in [-0.05, 0) is 51.7 Å². The Bertz CT molecular complexity index is 767. The molecule has 2 rings (SSSR count). The summed E-state index contributed by atoms with van der Waals surface area (Å²) in [6.45, 7) is 0.946. The molecule has 0 aromatic carbocycles. The molecule has 18 heavy (non-hydrogen) atoms. The van der Waals surface area contributed by atoms with Crippen LogP contribution in [0, 0.1) is 34.5 Å². The van der Waals surface area contributed by atoms with Gasteiger partial charge in [-0.3, -0.25) is 4.98 Å². The minimum absolute atomic E-state index is 0.0692. The van der Waals surface area contributed by atoms with Crippen LogP contribution < -0.4 is 4.57 Å². The van der Waals surface area contributed by atoms with Crippen molar-refractivity contribution in [3.05, 3.63) is 46.4 Å². The first-order valence-electron chi connectivity index (χ1n) is 8.82. The lowest BCUT2D eigenvalue weighted by atomic mass is 10.0. The quantitative estimate of drug-likeness (QED) is 0.708. The van der Waals surface area contributed by atoms with E-state index in [0.29, 0.717) is 16.8 Å². The second-order valence-corrected chi connectivity index (χ2v) is 4.65. The van der Waals surface area contributed by atoms with Gasteiger partial charge in [-0.25, -0.2) is 4.57 Å². The zero-order valence-electron chi connectivity index (χ0n) is 17.1. The highest BCUT2D eigenvalue weighted by Crippen LogP contribution is 2.25. The first kappa shape index (κ1) is 7.03. The predicted octanol–water partition coefficient (Wildman–Crippen LogP) is 3.12. The Balaban J connectivity index is 2.68. The molecule has 0 saturated heterocycles. The van der Waals surface area contributed by atoms with E-state index in [1.54, 1.807) is 37.7 Å². The molecular weight excluding hydrogens is 220 g/mol. The van der Waals surface area contributed by atoms with Crippen LogP contribution in [0.15, 0.2) is 18.3 Å². The minimum Gasteiger partial charge on any atom is -0.258 e. The summed E-state index contributed by atoms with van der Waals surface area (Å²) in [5.74, 6) is 0. The molecule has 2 aromatic heterocycles. The average molecular weight is 247 g/mol. The first-order valence-corrected chi connectivity index (χ1v) is 5.82. The van der Waals surface area contributed by atoms with Crippen LogP contribution in [-0.4, -0.2) is 4.98 Å². The largest absolute Gasteiger partial charge is 0.258 e. The van der Waals surface area contributed by atoms with Gasteiger partial charge >= 0.3 is 0 Å². The fourth-order valence-electron chi connectivity index (χ4n) is 2.22. The van der Waals surface area contributed by atoms with E-state index in [2.05, 4.69) is 4.98 Å². The maximum atomic E-state index is 7.61. The summed E-state index contributed by atoms with van der Waals surface area (Å²) in [5.41, 5.74) is 4.08. The number of rotatable bonds is 1. The van der Waals surface area contributed by atoms with E-state index < -0.39 is 13.7 Å². The third-order valence-electron chi connectivity index (χ3n) is 3.13. The first-order chi connectivity index (χ1) is 10.8. The van der Waals surface area contributed by atoms with Gasteiger partial charge in [-0.2, -0.15) is 0 Å². The lowest BCUT2D eigenvalue weighted by molar-refractivity contribution is -0.660. The highest BCUT2D eigenvalue weighted by atomic mass is 14.9. The molecule has 0 aliphatic rings. The molecule has 0 aliphatic heterocycles. The van der Waals surface area contributed by atoms with Crippen molar-refractivity contribution in [1.29, 1.82) is 0 Å². The Labute approximate surface area is 118 Å². The van der Waals surface area contributed by atoms with Crippen LogP contribution >= 0.6 is 0 Å². The molecule has 0 fully saturated rings. The van der Waals surface area contributed by atoms with E-state index in [0.717, 1.165) is 16.8 Å². The van der Waals surface area contributed by atoms with Crippen LogP contribution in [0.5, 0.6) is 0 Å². The standard InChI is InChI=1S/C16H21N2/c1-10-8-15(18(6)9-12(10)3)16-11(2)7-13(4)17-14(16)5/h7-9H,1-6H3/q+1/i3D3,4D3. The second-order valence-electron chi connectivity index (χ2n) is 4.65. The number of pyridine rings is 2. The molecule has 0 spiro atoms. The molecule has 0 unspecified atom stereocenters. The number of hydrogen-bond donors (Lipinski definition) is 0. The minimum atomic E-state index is -2.25. The van der Waals surface area contributed by atoms with Gasteiger partial charge in [0.05, 0.1) is 11.3 Å². The average Bonchev–Trinajstić information content (AvgIpc) is 2.39. The summed E-state index contributed by atoms with van der Waals surface area (Å²) in [7, 11) is 1.78. The van der Waals surface area contributed by atoms with Crippen molar-refractivity contribution in [3.8, 4) is 11.3 Å². The molecule has 0 atom stereocenters. The van der Waals surface area contributed by atoms with E-state index >= 15 is 0 Å². The van der Waals surface area contributed by atoms with E-state index in [-0.39, 0.29) is 5.69 Å². The van der Waals surface area contributed by atoms with Gasteiger partial charge in [-0.1, -0.05) is 0 Å². The van der Waals surface area contributed by atoms with Crippen molar-refractivity contribution < 1.29 is 12.8 Å². The second kappa shape index (κ2) is 4.52. The van der Waals surface area contributed by atoms with E-state index in [1.807, 2.05) is 13.0 Å². The van der Waals surface area contributed by atoms with E-state index in [1.165, 1.54) is 0 Å². The molecule has 0 N–H and O–H groups in total. The third-order valence-corrected chi connectivity index (χ3v) is 3.13. The molecule has 2 heteroatoms. The summed E-state index contributed by atoms with van der Waals surface area (Å²) < 4.78 is 47.1. The molecule has 94 valence electrons. The maximum Gasteiger partial charge on any atom is 0.214 e. The smallest absolute Gasteiger partial charge is 0.214 e. The van der Waals surface area contributed by atoms with Crippen LogP contribution in [0.25, 0.3) is 11.3 Å². The van der Waals surface area contributed by atoms with Crippen LogP contribution in [0.3, 0.4) is 0 Å². The zero-order chi connectivity index (χ0) is 18.4. The zero-order valence-corrected chi connectivity index (χ0v) is 11.1. The van der Waals surface area contributed by atoms with Gasteiger partial charge in [0.15, 0.2) is 6.20 Å². The molecule has 0 radical (unpaired) electrons. The van der Waals surface area contributed by atoms with Gasteiger partial charge in [-0.15, -0.1) is 0 Å². The Morgan fingerprint density at radius 3 is 2.44 bits per heavy atom. The van der Waals surface area contributed by atoms with Crippen molar-refractivity contribution in [3.63, 3.8) is 0 Å². The van der Waals surface area contributed by atoms with Crippen molar-refractivity contribution >= 4 is 0 Å². The van der Waals surface area contributed by atoms with Crippen LogP contribution in [0.4, 0.5) is 0 Å². The number of aromatic nitrogens is 2. The summed E-state index contributed by atoms with van der Waals surface area (Å²) in [5, 5.41) is 0. The maximum absolute atomic E-state index is 7.61. The highest BCUT2D eigenvalue weighted by Gasteiger charge is 2.17. The third kappa shape index (κ3) is 2.15. The van der Waals surface area contributed by atoms with Crippen molar-refractivity contribution in [1.82, 2.24) is 4.98 Å². The van der Waals surface area contributed by atoms with Gasteiger partial charge in [0.1, 0.15) is 7.05 Å². The summed E-state index contributed by atoms with van der Waals surface area (Å²) in [6.07, 6.45) is 1.61. The fraction of sp³-hybridized carbons (Fsp3) is 0.375. The fourth-order valence-corrected chi connectivity index (χ4v) is 2.22. The molecule has 2 heterocycles. The molecule has 2 aromatic rings. The Kier molecular flexibility index (Phi) is 1.77. The normalized spacial score (nSPS) is 17.1. The van der Waals surface area contributed by atoms with Crippen LogP contribution in [-0.2, 0) is 7.05 Å². The highest BCUT2D eigenvalue weighted by molar-refractivity contribution is 5.64. The van der Waals surface area contributed by atoms with E-state index in [9.17, 15) is 0 Å². The predicted molar refractivity (Wildman–Crippen MR) is 74.5 cm³/mol. The topological polar surface area (TPSA) is 16.8 Å². The van der Waals surface area contributed by atoms with Crippen molar-refractivity contribution in [2.45, 2.75) is 34.5 Å². The Hall–Kier alpha value is -1.70. The molecular formula is C16H21N2+. The Morgan fingerprint density at radius 1 is 1.06 bits per heavy atom. The van der Waals surface area contributed by atoms with E-state index in [4.69, 9.17) is 8.22 Å². The molecule has 0 aliphatic carbocycles. The van der Waals surface area contributed by atoms with Gasteiger partial charge in [0.2, 0.25) is 5.69 Å². The van der Waals surface area contributed by atoms with Crippen LogP contribution in [0.1, 0.15) is 36.3 Å². The van der Waals surface area contributed by atoms with Crippen LogP contribution in [0.2, 0.25) is 0 Å². The number of nitrogens with zero attached hydrogens (tertiary/aromatic N) is 2. The molecule has 0 bridgehead atoms. The summed E-state index contributed by atoms with van der Waals surface area (Å²) in [4.78, 5) is 4.24.